The average Bonchev–Trinajstić information content (AvgIpc) is 2.65. The van der Waals surface area contributed by atoms with Crippen LogP contribution in [0.1, 0.15) is 18.5 Å². The molecule has 0 aliphatic heterocycles. The van der Waals surface area contributed by atoms with Crippen LogP contribution in [0, 0.1) is 0 Å². The van der Waals surface area contributed by atoms with Gasteiger partial charge in [0, 0.05) is 12.6 Å². The number of likely N-dealkylation sites (N-methyl/N-ethyl adjacent to an activating group) is 1. The second kappa shape index (κ2) is 9.07. The largest absolute Gasteiger partial charge is 0.497 e. The number of primary amides is 1. The van der Waals surface area contributed by atoms with Crippen LogP contribution in [0.25, 0.3) is 0 Å². The first-order valence-corrected chi connectivity index (χ1v) is 8.28. The Morgan fingerprint density at radius 3 is 2.38 bits per heavy atom. The zero-order valence-corrected chi connectivity index (χ0v) is 15.3. The molecule has 2 rings (SSSR count). The SMILES string of the molecule is COc1ccc(Oc2cccc(C(C)N(C)CCN(O)C(N)=O)c2)cc1. The summed E-state index contributed by atoms with van der Waals surface area (Å²) in [5.41, 5.74) is 6.07. The second-order valence-electron chi connectivity index (χ2n) is 5.97. The molecule has 2 aromatic rings. The van der Waals surface area contributed by atoms with Gasteiger partial charge < -0.3 is 15.2 Å². The number of hydrogen-bond acceptors (Lipinski definition) is 5. The van der Waals surface area contributed by atoms with Crippen LogP contribution in [0.5, 0.6) is 17.2 Å². The Hall–Kier alpha value is -2.77. The number of nitrogens with zero attached hydrogens (tertiary/aromatic N) is 2. The third-order valence-electron chi connectivity index (χ3n) is 4.22. The third-order valence-corrected chi connectivity index (χ3v) is 4.22. The van der Waals surface area contributed by atoms with Gasteiger partial charge in [-0.3, -0.25) is 10.1 Å². The predicted molar refractivity (Wildman–Crippen MR) is 98.6 cm³/mol. The van der Waals surface area contributed by atoms with E-state index in [0.29, 0.717) is 11.6 Å². The van der Waals surface area contributed by atoms with Gasteiger partial charge in [0.2, 0.25) is 0 Å². The fraction of sp³-hybridized carbons (Fsp3) is 0.316. The normalized spacial score (nSPS) is 11.9. The van der Waals surface area contributed by atoms with Crippen LogP contribution in [-0.4, -0.2) is 48.4 Å². The van der Waals surface area contributed by atoms with E-state index >= 15 is 0 Å². The summed E-state index contributed by atoms with van der Waals surface area (Å²) < 4.78 is 11.0. The summed E-state index contributed by atoms with van der Waals surface area (Å²) >= 11 is 0. The van der Waals surface area contributed by atoms with E-state index in [1.807, 2.05) is 67.4 Å². The predicted octanol–water partition coefficient (Wildman–Crippen LogP) is 3.25. The van der Waals surface area contributed by atoms with Crippen molar-refractivity contribution in [2.75, 3.05) is 27.2 Å². The summed E-state index contributed by atoms with van der Waals surface area (Å²) in [5, 5.41) is 9.88. The lowest BCUT2D eigenvalue weighted by molar-refractivity contribution is -0.0449. The van der Waals surface area contributed by atoms with Crippen LogP contribution in [-0.2, 0) is 0 Å². The van der Waals surface area contributed by atoms with E-state index in [4.69, 9.17) is 15.2 Å². The van der Waals surface area contributed by atoms with E-state index < -0.39 is 6.03 Å². The Morgan fingerprint density at radius 1 is 1.12 bits per heavy atom. The number of ether oxygens (including phenoxy) is 2. The Labute approximate surface area is 153 Å². The van der Waals surface area contributed by atoms with E-state index in [2.05, 4.69) is 0 Å². The minimum atomic E-state index is -0.860. The highest BCUT2D eigenvalue weighted by Crippen LogP contribution is 2.27. The summed E-state index contributed by atoms with van der Waals surface area (Å²) in [5.74, 6) is 2.23. The Bertz CT molecular complexity index is 721. The Balaban J connectivity index is 2.01. The molecule has 0 heterocycles. The van der Waals surface area contributed by atoms with Gasteiger partial charge in [-0.05, 0) is 55.9 Å². The van der Waals surface area contributed by atoms with Crippen LogP contribution >= 0.6 is 0 Å². The standard InChI is InChI=1S/C19H25N3O4/c1-14(21(2)11-12-22(24)19(20)23)15-5-4-6-18(13-15)26-17-9-7-16(25-3)8-10-17/h4-10,13-14,24H,11-12H2,1-3H3,(H2,20,23). The van der Waals surface area contributed by atoms with Crippen LogP contribution in [0.3, 0.4) is 0 Å². The quantitative estimate of drug-likeness (QED) is 0.558. The van der Waals surface area contributed by atoms with Crippen molar-refractivity contribution >= 4 is 6.03 Å². The number of methoxy groups -OCH3 is 1. The number of benzene rings is 2. The minimum absolute atomic E-state index is 0.0655. The van der Waals surface area contributed by atoms with Gasteiger partial charge in [-0.2, -0.15) is 0 Å². The molecular formula is C19H25N3O4. The maximum absolute atomic E-state index is 10.9. The maximum atomic E-state index is 10.9. The first-order valence-electron chi connectivity index (χ1n) is 8.28. The molecule has 3 N–H and O–H groups in total. The lowest BCUT2D eigenvalue weighted by Gasteiger charge is -2.26. The molecule has 0 fully saturated rings. The van der Waals surface area contributed by atoms with Crippen molar-refractivity contribution < 1.29 is 19.5 Å². The molecule has 0 radical (unpaired) electrons. The van der Waals surface area contributed by atoms with Crippen molar-refractivity contribution in [2.24, 2.45) is 5.73 Å². The van der Waals surface area contributed by atoms with Gasteiger partial charge in [0.15, 0.2) is 0 Å². The number of amides is 2. The highest BCUT2D eigenvalue weighted by Gasteiger charge is 2.14. The fourth-order valence-corrected chi connectivity index (χ4v) is 2.43. The summed E-state index contributed by atoms with van der Waals surface area (Å²) in [4.78, 5) is 12.9. The van der Waals surface area contributed by atoms with Gasteiger partial charge in [-0.15, -0.1) is 0 Å². The van der Waals surface area contributed by atoms with Crippen molar-refractivity contribution in [1.29, 1.82) is 0 Å². The lowest BCUT2D eigenvalue weighted by atomic mass is 10.1. The molecule has 1 atom stereocenters. The molecule has 26 heavy (non-hydrogen) atoms. The molecule has 7 nitrogen and oxygen atoms in total. The molecule has 0 saturated heterocycles. The Kier molecular flexibility index (Phi) is 6.82. The summed E-state index contributed by atoms with van der Waals surface area (Å²) in [6.45, 7) is 2.65. The van der Waals surface area contributed by atoms with E-state index in [-0.39, 0.29) is 12.6 Å². The molecule has 2 aromatic carbocycles. The van der Waals surface area contributed by atoms with Gasteiger partial charge in [0.1, 0.15) is 17.2 Å². The van der Waals surface area contributed by atoms with Gasteiger partial charge in [-0.1, -0.05) is 12.1 Å². The molecule has 2 amide bonds. The Morgan fingerprint density at radius 2 is 1.77 bits per heavy atom. The number of urea groups is 1. The molecule has 0 aliphatic rings. The van der Waals surface area contributed by atoms with Gasteiger partial charge in [0.05, 0.1) is 13.7 Å². The third kappa shape index (κ3) is 5.37. The maximum Gasteiger partial charge on any atom is 0.338 e. The van der Waals surface area contributed by atoms with E-state index in [9.17, 15) is 10.0 Å². The zero-order chi connectivity index (χ0) is 19.1. The van der Waals surface area contributed by atoms with Gasteiger partial charge in [-0.25, -0.2) is 9.86 Å². The fourth-order valence-electron chi connectivity index (χ4n) is 2.43. The van der Waals surface area contributed by atoms with Crippen LogP contribution in [0.15, 0.2) is 48.5 Å². The molecule has 0 bridgehead atoms. The molecule has 0 aromatic heterocycles. The van der Waals surface area contributed by atoms with Crippen molar-refractivity contribution in [3.05, 3.63) is 54.1 Å². The molecule has 0 aliphatic carbocycles. The zero-order valence-electron chi connectivity index (χ0n) is 15.3. The van der Waals surface area contributed by atoms with Crippen LogP contribution in [0.2, 0.25) is 0 Å². The van der Waals surface area contributed by atoms with Crippen molar-refractivity contribution in [1.82, 2.24) is 9.96 Å². The summed E-state index contributed by atoms with van der Waals surface area (Å²) in [6.07, 6.45) is 0. The monoisotopic (exact) mass is 359 g/mol. The highest BCUT2D eigenvalue weighted by molar-refractivity contribution is 5.70. The van der Waals surface area contributed by atoms with E-state index in [1.165, 1.54) is 0 Å². The van der Waals surface area contributed by atoms with Gasteiger partial charge >= 0.3 is 6.03 Å². The first-order chi connectivity index (χ1) is 12.4. The van der Waals surface area contributed by atoms with Crippen LogP contribution in [0.4, 0.5) is 4.79 Å². The molecule has 0 spiro atoms. The summed E-state index contributed by atoms with van der Waals surface area (Å²) in [6, 6.07) is 14.4. The number of carbonyl (C=O) groups excluding carboxylic acids is 1. The van der Waals surface area contributed by atoms with Gasteiger partial charge in [0.25, 0.3) is 0 Å². The topological polar surface area (TPSA) is 88.3 Å². The number of nitrogens with two attached hydrogens (primary N) is 1. The molecule has 7 heteroatoms. The smallest absolute Gasteiger partial charge is 0.338 e. The number of hydroxylamine groups is 2. The van der Waals surface area contributed by atoms with Crippen LogP contribution < -0.4 is 15.2 Å². The van der Waals surface area contributed by atoms with Crippen molar-refractivity contribution in [3.8, 4) is 17.2 Å². The second-order valence-corrected chi connectivity index (χ2v) is 5.97. The average molecular weight is 359 g/mol. The minimum Gasteiger partial charge on any atom is -0.497 e. The molecule has 1 unspecified atom stereocenters. The molecule has 140 valence electrons. The first kappa shape index (κ1) is 19.6. The lowest BCUT2D eigenvalue weighted by Crippen LogP contribution is -2.38. The van der Waals surface area contributed by atoms with E-state index in [0.717, 1.165) is 22.8 Å². The highest BCUT2D eigenvalue weighted by atomic mass is 16.5. The number of hydrogen-bond donors (Lipinski definition) is 2. The number of carbonyl (C=O) groups is 1. The summed E-state index contributed by atoms with van der Waals surface area (Å²) in [7, 11) is 3.53. The van der Waals surface area contributed by atoms with Crippen molar-refractivity contribution in [3.63, 3.8) is 0 Å². The van der Waals surface area contributed by atoms with E-state index in [1.54, 1.807) is 7.11 Å². The molecule has 0 saturated carbocycles. The molecular weight excluding hydrogens is 334 g/mol. The van der Waals surface area contributed by atoms with Crippen molar-refractivity contribution in [2.45, 2.75) is 13.0 Å². The number of rotatable bonds is 8.